The largest absolute Gasteiger partial charge is 0.333 e. The van der Waals surface area contributed by atoms with Crippen molar-refractivity contribution >= 4 is 11.6 Å². The van der Waals surface area contributed by atoms with Crippen molar-refractivity contribution < 1.29 is 0 Å². The molecule has 0 atom stereocenters. The summed E-state index contributed by atoms with van der Waals surface area (Å²) in [6.07, 6.45) is 5.56. The van der Waals surface area contributed by atoms with Crippen LogP contribution in [0.1, 0.15) is 43.5 Å². The van der Waals surface area contributed by atoms with E-state index in [1.54, 1.807) is 4.57 Å². The number of H-pyrrole nitrogens is 1. The molecule has 0 radical (unpaired) electrons. The Kier molecular flexibility index (Phi) is 7.32. The van der Waals surface area contributed by atoms with E-state index in [4.69, 9.17) is 11.6 Å². The number of aryl methyl sites for hydroxylation is 2. The minimum atomic E-state index is -0.0690. The van der Waals surface area contributed by atoms with Crippen LogP contribution in [0.5, 0.6) is 0 Å². The molecule has 0 bridgehead atoms. The van der Waals surface area contributed by atoms with Gasteiger partial charge in [-0.2, -0.15) is 5.21 Å². The third-order valence-electron chi connectivity index (χ3n) is 6.52. The van der Waals surface area contributed by atoms with Gasteiger partial charge in [0.1, 0.15) is 0 Å². The molecule has 1 N–H and O–H groups in total. The highest BCUT2D eigenvalue weighted by molar-refractivity contribution is 6.32. The zero-order valence-corrected chi connectivity index (χ0v) is 21.7. The first-order valence-corrected chi connectivity index (χ1v) is 13.0. The molecule has 37 heavy (non-hydrogen) atoms. The highest BCUT2D eigenvalue weighted by atomic mass is 35.5. The molecule has 5 aromatic rings. The first-order chi connectivity index (χ1) is 18.1. The van der Waals surface area contributed by atoms with Crippen LogP contribution in [-0.4, -0.2) is 29.8 Å². The Balaban J connectivity index is 1.49. The predicted molar refractivity (Wildman–Crippen MR) is 147 cm³/mol. The monoisotopic (exact) mass is 512 g/mol. The zero-order valence-electron chi connectivity index (χ0n) is 21.0. The van der Waals surface area contributed by atoms with Gasteiger partial charge in [-0.05, 0) is 46.4 Å². The molecule has 2 heterocycles. The number of aromatic amines is 1. The van der Waals surface area contributed by atoms with Gasteiger partial charge >= 0.3 is 5.69 Å². The van der Waals surface area contributed by atoms with Gasteiger partial charge in [0.2, 0.25) is 5.82 Å². The Hall–Kier alpha value is -3.97. The molecule has 0 aliphatic heterocycles. The topological polar surface area (TPSA) is 81.4 Å². The molecule has 3 aromatic carbocycles. The Labute approximate surface area is 220 Å². The van der Waals surface area contributed by atoms with Crippen LogP contribution in [0.15, 0.2) is 77.7 Å². The number of rotatable bonds is 9. The first kappa shape index (κ1) is 24.7. The van der Waals surface area contributed by atoms with Crippen LogP contribution < -0.4 is 5.69 Å². The summed E-state index contributed by atoms with van der Waals surface area (Å²) >= 11 is 6.61. The van der Waals surface area contributed by atoms with Gasteiger partial charge in [-0.3, -0.25) is 9.13 Å². The molecule has 7 nitrogen and oxygen atoms in total. The maximum Gasteiger partial charge on any atom is 0.333 e. The van der Waals surface area contributed by atoms with Gasteiger partial charge in [-0.25, -0.2) is 4.79 Å². The highest BCUT2D eigenvalue weighted by Crippen LogP contribution is 2.30. The minimum absolute atomic E-state index is 0.0690. The van der Waals surface area contributed by atoms with Crippen molar-refractivity contribution in [2.75, 3.05) is 0 Å². The molecule has 8 heteroatoms. The minimum Gasteiger partial charge on any atom is -0.292 e. The number of hydrogen-bond donors (Lipinski definition) is 1. The average molecular weight is 513 g/mol. The summed E-state index contributed by atoms with van der Waals surface area (Å²) in [7, 11) is 0. The third kappa shape index (κ3) is 5.00. The smallest absolute Gasteiger partial charge is 0.292 e. The Bertz CT molecular complexity index is 1550. The van der Waals surface area contributed by atoms with Crippen molar-refractivity contribution in [2.24, 2.45) is 0 Å². The van der Waals surface area contributed by atoms with Gasteiger partial charge < -0.3 is 0 Å². The maximum atomic E-state index is 13.7. The molecule has 0 saturated carbocycles. The van der Waals surface area contributed by atoms with E-state index in [0.717, 1.165) is 64.9 Å². The number of aromatic nitrogens is 6. The van der Waals surface area contributed by atoms with Gasteiger partial charge in [0.05, 0.1) is 17.3 Å². The van der Waals surface area contributed by atoms with Gasteiger partial charge in [-0.1, -0.05) is 99.0 Å². The fourth-order valence-corrected chi connectivity index (χ4v) is 5.08. The number of tetrazole rings is 1. The predicted octanol–water partition coefficient (Wildman–Crippen LogP) is 6.09. The molecule has 0 unspecified atom stereocenters. The van der Waals surface area contributed by atoms with E-state index < -0.39 is 0 Å². The van der Waals surface area contributed by atoms with Crippen molar-refractivity contribution in [3.05, 3.63) is 105 Å². The highest BCUT2D eigenvalue weighted by Gasteiger charge is 2.17. The lowest BCUT2D eigenvalue weighted by molar-refractivity contribution is 0.691. The summed E-state index contributed by atoms with van der Waals surface area (Å²) in [5.41, 5.74) is 6.83. The second-order valence-electron chi connectivity index (χ2n) is 9.08. The quantitative estimate of drug-likeness (QED) is 0.259. The van der Waals surface area contributed by atoms with E-state index >= 15 is 0 Å². The average Bonchev–Trinajstić information content (AvgIpc) is 3.55. The van der Waals surface area contributed by atoms with Crippen LogP contribution in [0.4, 0.5) is 0 Å². The van der Waals surface area contributed by atoms with Gasteiger partial charge in [-0.15, -0.1) is 10.2 Å². The lowest BCUT2D eigenvalue weighted by Gasteiger charge is -2.11. The normalized spacial score (nSPS) is 11.2. The number of nitrogens with one attached hydrogen (secondary N) is 1. The van der Waals surface area contributed by atoms with Crippen molar-refractivity contribution in [1.29, 1.82) is 0 Å². The summed E-state index contributed by atoms with van der Waals surface area (Å²) in [5.74, 6) is 0.554. The fourth-order valence-electron chi connectivity index (χ4n) is 4.79. The SMILES string of the molecule is CCCc1cccc(Cl)c1-n1cc(CCC)n(Cc2ccc(-c3ccccc3-c3nn[nH]n3)cc2)c1=O. The number of nitrogens with zero attached hydrogens (tertiary/aromatic N) is 5. The number of halogens is 1. The Morgan fingerprint density at radius 1 is 0.892 bits per heavy atom. The zero-order chi connectivity index (χ0) is 25.8. The summed E-state index contributed by atoms with van der Waals surface area (Å²) in [5, 5.41) is 15.1. The molecule has 0 spiro atoms. The number of benzene rings is 3. The second kappa shape index (κ2) is 11.0. The maximum absolute atomic E-state index is 13.7. The van der Waals surface area contributed by atoms with Crippen LogP contribution in [0.3, 0.4) is 0 Å². The fraction of sp³-hybridized carbons (Fsp3) is 0.241. The Morgan fingerprint density at radius 3 is 2.35 bits per heavy atom. The molecule has 5 rings (SSSR count). The van der Waals surface area contributed by atoms with Crippen molar-refractivity contribution in [3.8, 4) is 28.2 Å². The lowest BCUT2D eigenvalue weighted by atomic mass is 9.98. The van der Waals surface area contributed by atoms with E-state index in [-0.39, 0.29) is 5.69 Å². The number of hydrogen-bond acceptors (Lipinski definition) is 4. The molecular weight excluding hydrogens is 484 g/mol. The summed E-state index contributed by atoms with van der Waals surface area (Å²) < 4.78 is 3.60. The summed E-state index contributed by atoms with van der Waals surface area (Å²) in [6, 6.07) is 22.1. The third-order valence-corrected chi connectivity index (χ3v) is 6.82. The number of imidazole rings is 1. The second-order valence-corrected chi connectivity index (χ2v) is 9.49. The van der Waals surface area contributed by atoms with Gasteiger partial charge in [0.15, 0.2) is 0 Å². The van der Waals surface area contributed by atoms with E-state index in [1.165, 1.54) is 0 Å². The molecule has 188 valence electrons. The lowest BCUT2D eigenvalue weighted by Crippen LogP contribution is -2.25. The molecule has 0 amide bonds. The van der Waals surface area contributed by atoms with E-state index in [2.05, 4.69) is 64.8 Å². The van der Waals surface area contributed by atoms with E-state index in [0.29, 0.717) is 17.4 Å². The molecule has 0 aliphatic carbocycles. The molecular formula is C29H29ClN6O. The van der Waals surface area contributed by atoms with Gasteiger partial charge in [0, 0.05) is 17.5 Å². The van der Waals surface area contributed by atoms with Crippen molar-refractivity contribution in [2.45, 2.75) is 46.1 Å². The standard InChI is InChI=1S/C29H29ClN6O/c1-3-8-22-10-7-13-26(30)27(22)36-19-23(9-4-2)35(29(36)37)18-20-14-16-21(17-15-20)24-11-5-6-12-25(24)28-31-33-34-32-28/h5-7,10-17,19H,3-4,8-9,18H2,1-2H3,(H,31,32,33,34). The van der Waals surface area contributed by atoms with E-state index in [9.17, 15) is 4.79 Å². The van der Waals surface area contributed by atoms with Crippen LogP contribution in [0.2, 0.25) is 5.02 Å². The molecule has 2 aromatic heterocycles. The molecule has 0 saturated heterocycles. The Morgan fingerprint density at radius 2 is 1.65 bits per heavy atom. The van der Waals surface area contributed by atoms with Gasteiger partial charge in [0.25, 0.3) is 0 Å². The van der Waals surface area contributed by atoms with E-state index in [1.807, 2.05) is 47.2 Å². The first-order valence-electron chi connectivity index (χ1n) is 12.6. The molecule has 0 fully saturated rings. The van der Waals surface area contributed by atoms with Crippen LogP contribution in [0, 0.1) is 0 Å². The van der Waals surface area contributed by atoms with Crippen LogP contribution in [-0.2, 0) is 19.4 Å². The van der Waals surface area contributed by atoms with Crippen LogP contribution >= 0.6 is 11.6 Å². The summed E-state index contributed by atoms with van der Waals surface area (Å²) in [4.78, 5) is 13.7. The molecule has 0 aliphatic rings. The summed E-state index contributed by atoms with van der Waals surface area (Å²) in [6.45, 7) is 4.74. The van der Waals surface area contributed by atoms with Crippen molar-refractivity contribution in [3.63, 3.8) is 0 Å². The van der Waals surface area contributed by atoms with Crippen LogP contribution in [0.25, 0.3) is 28.2 Å². The number of para-hydroxylation sites is 1. The van der Waals surface area contributed by atoms with Crippen molar-refractivity contribution in [1.82, 2.24) is 29.8 Å².